The lowest BCUT2D eigenvalue weighted by Crippen LogP contribution is -2.29. The van der Waals surface area contributed by atoms with Crippen LogP contribution >= 0.6 is 0 Å². The molecule has 72 valence electrons. The summed E-state index contributed by atoms with van der Waals surface area (Å²) in [4.78, 5) is 11.3. The van der Waals surface area contributed by atoms with Crippen LogP contribution in [-0.2, 0) is 14.3 Å². The van der Waals surface area contributed by atoms with Crippen LogP contribution in [0.15, 0.2) is 11.3 Å². The molecule has 2 heterocycles. The van der Waals surface area contributed by atoms with E-state index in [1.54, 1.807) is 0 Å². The normalized spacial score (nSPS) is 32.1. The van der Waals surface area contributed by atoms with Gasteiger partial charge in [0.25, 0.3) is 0 Å². The van der Waals surface area contributed by atoms with Gasteiger partial charge in [0.1, 0.15) is 0 Å². The number of nitrogens with two attached hydrogens (primary N) is 1. The first kappa shape index (κ1) is 8.56. The van der Waals surface area contributed by atoms with Crippen LogP contribution in [0.25, 0.3) is 0 Å². The van der Waals surface area contributed by atoms with Crippen molar-refractivity contribution in [3.63, 3.8) is 0 Å². The Morgan fingerprint density at radius 3 is 3.08 bits per heavy atom. The van der Waals surface area contributed by atoms with Crippen molar-refractivity contribution in [2.75, 3.05) is 7.11 Å². The van der Waals surface area contributed by atoms with E-state index >= 15 is 0 Å². The summed E-state index contributed by atoms with van der Waals surface area (Å²) in [5, 5.41) is 0. The summed E-state index contributed by atoms with van der Waals surface area (Å²) < 4.78 is 10.2. The van der Waals surface area contributed by atoms with Gasteiger partial charge in [-0.3, -0.25) is 0 Å². The van der Waals surface area contributed by atoms with Crippen molar-refractivity contribution >= 4 is 5.97 Å². The monoisotopic (exact) mass is 183 g/mol. The van der Waals surface area contributed by atoms with Gasteiger partial charge in [0.2, 0.25) is 0 Å². The summed E-state index contributed by atoms with van der Waals surface area (Å²) in [6.07, 6.45) is 2.65. The van der Waals surface area contributed by atoms with Crippen LogP contribution in [0, 0.1) is 0 Å². The van der Waals surface area contributed by atoms with E-state index in [9.17, 15) is 4.79 Å². The zero-order valence-electron chi connectivity index (χ0n) is 7.58. The minimum absolute atomic E-state index is 0.0483. The van der Waals surface area contributed by atoms with Gasteiger partial charge in [0, 0.05) is 12.1 Å². The van der Waals surface area contributed by atoms with Crippen molar-refractivity contribution in [1.29, 1.82) is 0 Å². The molecule has 4 heteroatoms. The molecule has 4 nitrogen and oxygen atoms in total. The molecule has 0 aromatic carbocycles. The predicted octanol–water partition coefficient (Wildman–Crippen LogP) is 0.323. The molecule has 1 fully saturated rings. The van der Waals surface area contributed by atoms with E-state index in [0.717, 1.165) is 12.8 Å². The number of rotatable bonds is 1. The topological polar surface area (TPSA) is 61.5 Å². The summed E-state index contributed by atoms with van der Waals surface area (Å²) in [5.74, 6) is -0.308. The van der Waals surface area contributed by atoms with Crippen LogP contribution in [0.3, 0.4) is 0 Å². The molecule has 13 heavy (non-hydrogen) atoms. The number of fused-ring (bicyclic) bond motifs is 2. The predicted molar refractivity (Wildman–Crippen MR) is 45.7 cm³/mol. The van der Waals surface area contributed by atoms with Crippen LogP contribution in [0.2, 0.25) is 0 Å². The SMILES string of the molecule is COC(=O)C1=C(N)C2CCC(C1)O2. The van der Waals surface area contributed by atoms with Crippen LogP contribution in [0.5, 0.6) is 0 Å². The van der Waals surface area contributed by atoms with E-state index in [0.29, 0.717) is 17.7 Å². The quantitative estimate of drug-likeness (QED) is 0.595. The molecule has 2 aliphatic rings. The van der Waals surface area contributed by atoms with Crippen molar-refractivity contribution in [3.05, 3.63) is 11.3 Å². The molecule has 0 saturated carbocycles. The molecule has 0 aromatic heterocycles. The van der Waals surface area contributed by atoms with Crippen molar-refractivity contribution in [2.45, 2.75) is 31.5 Å². The first-order chi connectivity index (χ1) is 6.22. The number of esters is 1. The Morgan fingerprint density at radius 1 is 1.62 bits per heavy atom. The van der Waals surface area contributed by atoms with Gasteiger partial charge in [-0.1, -0.05) is 0 Å². The highest BCUT2D eigenvalue weighted by Crippen LogP contribution is 2.34. The second-order valence-corrected chi connectivity index (χ2v) is 3.45. The Balaban J connectivity index is 2.26. The van der Waals surface area contributed by atoms with Gasteiger partial charge in [-0.2, -0.15) is 0 Å². The fourth-order valence-electron chi connectivity index (χ4n) is 1.95. The molecule has 0 aliphatic carbocycles. The van der Waals surface area contributed by atoms with Gasteiger partial charge in [-0.05, 0) is 12.8 Å². The Morgan fingerprint density at radius 2 is 2.38 bits per heavy atom. The summed E-state index contributed by atoms with van der Waals surface area (Å²) in [5.41, 5.74) is 6.97. The molecule has 2 rings (SSSR count). The lowest BCUT2D eigenvalue weighted by Gasteiger charge is -2.23. The molecular formula is C9H13NO3. The third-order valence-corrected chi connectivity index (χ3v) is 2.67. The fourth-order valence-corrected chi connectivity index (χ4v) is 1.95. The van der Waals surface area contributed by atoms with E-state index < -0.39 is 0 Å². The minimum atomic E-state index is -0.308. The van der Waals surface area contributed by atoms with E-state index in [2.05, 4.69) is 4.74 Å². The molecule has 2 N–H and O–H groups in total. The molecule has 0 aromatic rings. The largest absolute Gasteiger partial charge is 0.466 e. The van der Waals surface area contributed by atoms with Gasteiger partial charge in [0.15, 0.2) is 0 Å². The number of carbonyl (C=O) groups is 1. The zero-order chi connectivity index (χ0) is 9.42. The first-order valence-electron chi connectivity index (χ1n) is 4.44. The average Bonchev–Trinajstić information content (AvgIpc) is 2.55. The van der Waals surface area contributed by atoms with Crippen LogP contribution in [0.4, 0.5) is 0 Å². The van der Waals surface area contributed by atoms with E-state index in [1.807, 2.05) is 0 Å². The van der Waals surface area contributed by atoms with Crippen molar-refractivity contribution in [2.24, 2.45) is 5.73 Å². The maximum Gasteiger partial charge on any atom is 0.335 e. The molecule has 2 unspecified atom stereocenters. The first-order valence-corrected chi connectivity index (χ1v) is 4.44. The highest BCUT2D eigenvalue weighted by Gasteiger charge is 2.36. The molecule has 0 radical (unpaired) electrons. The van der Waals surface area contributed by atoms with Crippen LogP contribution in [-0.4, -0.2) is 25.3 Å². The number of hydrogen-bond donors (Lipinski definition) is 1. The molecule has 2 aliphatic heterocycles. The van der Waals surface area contributed by atoms with Crippen LogP contribution in [0.1, 0.15) is 19.3 Å². The smallest absolute Gasteiger partial charge is 0.335 e. The Hall–Kier alpha value is -1.03. The van der Waals surface area contributed by atoms with Gasteiger partial charge in [0.05, 0.1) is 24.9 Å². The standard InChI is InChI=1S/C9H13NO3/c1-12-9(11)6-4-5-2-3-7(13-5)8(6)10/h5,7H,2-4,10H2,1H3. The number of hydrogen-bond acceptors (Lipinski definition) is 4. The summed E-state index contributed by atoms with van der Waals surface area (Å²) in [6, 6.07) is 0. The Labute approximate surface area is 76.7 Å². The average molecular weight is 183 g/mol. The van der Waals surface area contributed by atoms with Gasteiger partial charge in [-0.15, -0.1) is 0 Å². The van der Waals surface area contributed by atoms with Crippen molar-refractivity contribution in [1.82, 2.24) is 0 Å². The highest BCUT2D eigenvalue weighted by molar-refractivity contribution is 5.89. The molecule has 0 spiro atoms. The lowest BCUT2D eigenvalue weighted by atomic mass is 10.0. The third kappa shape index (κ3) is 1.31. The molecule has 2 bridgehead atoms. The maximum absolute atomic E-state index is 11.3. The molecule has 0 amide bonds. The van der Waals surface area contributed by atoms with E-state index in [-0.39, 0.29) is 18.2 Å². The van der Waals surface area contributed by atoms with E-state index in [4.69, 9.17) is 10.5 Å². The molecular weight excluding hydrogens is 170 g/mol. The Kier molecular flexibility index (Phi) is 2.00. The summed E-state index contributed by atoms with van der Waals surface area (Å²) >= 11 is 0. The molecule has 2 atom stereocenters. The minimum Gasteiger partial charge on any atom is -0.466 e. The number of carbonyl (C=O) groups excluding carboxylic acids is 1. The van der Waals surface area contributed by atoms with Crippen LogP contribution < -0.4 is 5.73 Å². The fraction of sp³-hybridized carbons (Fsp3) is 0.667. The summed E-state index contributed by atoms with van der Waals surface area (Å²) in [7, 11) is 1.37. The van der Waals surface area contributed by atoms with Crippen molar-refractivity contribution < 1.29 is 14.3 Å². The van der Waals surface area contributed by atoms with Gasteiger partial charge < -0.3 is 15.2 Å². The second-order valence-electron chi connectivity index (χ2n) is 3.45. The second kappa shape index (κ2) is 3.03. The molecule has 1 saturated heterocycles. The van der Waals surface area contributed by atoms with Gasteiger partial charge in [-0.25, -0.2) is 4.79 Å². The summed E-state index contributed by atoms with van der Waals surface area (Å²) in [6.45, 7) is 0. The number of ether oxygens (including phenoxy) is 2. The maximum atomic E-state index is 11.3. The van der Waals surface area contributed by atoms with Gasteiger partial charge >= 0.3 is 5.97 Å². The Bertz CT molecular complexity index is 272. The van der Waals surface area contributed by atoms with E-state index in [1.165, 1.54) is 7.11 Å². The zero-order valence-corrected chi connectivity index (χ0v) is 7.58. The van der Waals surface area contributed by atoms with Crippen molar-refractivity contribution in [3.8, 4) is 0 Å². The third-order valence-electron chi connectivity index (χ3n) is 2.67. The number of methoxy groups -OCH3 is 1. The highest BCUT2D eigenvalue weighted by atomic mass is 16.5. The lowest BCUT2D eigenvalue weighted by molar-refractivity contribution is -0.137.